The molecular formula is C16H17NO2. The first-order valence-electron chi connectivity index (χ1n) is 6.42. The van der Waals surface area contributed by atoms with Crippen LogP contribution < -0.4 is 0 Å². The maximum absolute atomic E-state index is 12.6. The molecule has 1 atom stereocenters. The lowest BCUT2D eigenvalue weighted by atomic mass is 9.95. The summed E-state index contributed by atoms with van der Waals surface area (Å²) in [5.41, 5.74) is 1.43. The fraction of sp³-hybridized carbons (Fsp3) is 0.250. The van der Waals surface area contributed by atoms with Crippen molar-refractivity contribution in [2.75, 3.05) is 0 Å². The summed E-state index contributed by atoms with van der Waals surface area (Å²) in [6.07, 6.45) is 2.36. The lowest BCUT2D eigenvalue weighted by molar-refractivity contribution is 0.0856. The third-order valence-electron chi connectivity index (χ3n) is 3.26. The summed E-state index contributed by atoms with van der Waals surface area (Å²) >= 11 is 0. The average molecular weight is 255 g/mol. The van der Waals surface area contributed by atoms with Gasteiger partial charge in [0.25, 0.3) is 0 Å². The van der Waals surface area contributed by atoms with E-state index in [-0.39, 0.29) is 17.6 Å². The van der Waals surface area contributed by atoms with Crippen molar-refractivity contribution in [3.05, 3.63) is 59.9 Å². The zero-order chi connectivity index (χ0) is 13.8. The monoisotopic (exact) mass is 255 g/mol. The van der Waals surface area contributed by atoms with Gasteiger partial charge < -0.3 is 0 Å². The van der Waals surface area contributed by atoms with Crippen LogP contribution in [0.25, 0.3) is 0 Å². The van der Waals surface area contributed by atoms with Crippen molar-refractivity contribution in [1.29, 1.82) is 0 Å². The fourth-order valence-corrected chi connectivity index (χ4v) is 2.27. The second-order valence-corrected chi connectivity index (χ2v) is 4.53. The van der Waals surface area contributed by atoms with Gasteiger partial charge in [-0.25, -0.2) is 0 Å². The van der Waals surface area contributed by atoms with Gasteiger partial charge in [0.15, 0.2) is 5.78 Å². The van der Waals surface area contributed by atoms with Gasteiger partial charge in [-0.15, -0.1) is 0 Å². The van der Waals surface area contributed by atoms with Crippen molar-refractivity contribution in [2.45, 2.75) is 26.2 Å². The maximum Gasteiger partial charge on any atom is 0.238 e. The van der Waals surface area contributed by atoms with Gasteiger partial charge in [0.2, 0.25) is 5.91 Å². The van der Waals surface area contributed by atoms with Crippen molar-refractivity contribution in [1.82, 2.24) is 4.57 Å². The summed E-state index contributed by atoms with van der Waals surface area (Å²) in [6, 6.07) is 13.1. The second-order valence-electron chi connectivity index (χ2n) is 4.53. The highest BCUT2D eigenvalue weighted by atomic mass is 16.2. The number of hydrogen-bond donors (Lipinski definition) is 0. The Kier molecular flexibility index (Phi) is 3.95. The minimum Gasteiger partial charge on any atom is -0.293 e. The number of Topliss-reactive ketones (excluding diaryl/α,β-unsaturated/α-hetero) is 1. The molecule has 0 radical (unpaired) electrons. The van der Waals surface area contributed by atoms with E-state index in [9.17, 15) is 9.59 Å². The summed E-state index contributed by atoms with van der Waals surface area (Å²) < 4.78 is 1.46. The maximum atomic E-state index is 12.6. The predicted octanol–water partition coefficient (Wildman–Crippen LogP) is 3.52. The molecule has 1 aromatic carbocycles. The minimum atomic E-state index is -0.216. The summed E-state index contributed by atoms with van der Waals surface area (Å²) in [5.74, 6) is -0.364. The molecule has 0 bridgehead atoms. The van der Waals surface area contributed by atoms with Crippen molar-refractivity contribution < 1.29 is 9.59 Å². The Hall–Kier alpha value is -2.16. The Morgan fingerprint density at radius 3 is 2.37 bits per heavy atom. The van der Waals surface area contributed by atoms with E-state index in [4.69, 9.17) is 0 Å². The highest BCUT2D eigenvalue weighted by Gasteiger charge is 2.22. The molecule has 1 aromatic heterocycles. The molecule has 1 unspecified atom stereocenters. The molecule has 1 heterocycles. The molecule has 0 aliphatic carbocycles. The standard InChI is InChI=1S/C16H17NO2/c1-3-14(13-8-5-4-6-9-13)16(19)17-11-7-10-15(17)12(2)18/h4-11,14H,3H2,1-2H3. The molecular weight excluding hydrogens is 238 g/mol. The molecule has 3 nitrogen and oxygen atoms in total. The first-order valence-corrected chi connectivity index (χ1v) is 6.42. The summed E-state index contributed by atoms with van der Waals surface area (Å²) in [6.45, 7) is 3.45. The van der Waals surface area contributed by atoms with Gasteiger partial charge in [0.1, 0.15) is 0 Å². The van der Waals surface area contributed by atoms with Crippen LogP contribution in [0.2, 0.25) is 0 Å². The zero-order valence-corrected chi connectivity index (χ0v) is 11.2. The van der Waals surface area contributed by atoms with Crippen LogP contribution in [0.3, 0.4) is 0 Å². The van der Waals surface area contributed by atoms with E-state index in [0.29, 0.717) is 12.1 Å². The predicted molar refractivity (Wildman–Crippen MR) is 74.5 cm³/mol. The Morgan fingerprint density at radius 1 is 1.11 bits per heavy atom. The quantitative estimate of drug-likeness (QED) is 0.784. The lowest BCUT2D eigenvalue weighted by Gasteiger charge is -2.16. The summed E-state index contributed by atoms with van der Waals surface area (Å²) in [4.78, 5) is 24.1. The molecule has 0 saturated carbocycles. The molecule has 0 aliphatic heterocycles. The number of carbonyl (C=O) groups excluding carboxylic acids is 2. The van der Waals surface area contributed by atoms with E-state index < -0.39 is 0 Å². The highest BCUT2D eigenvalue weighted by Crippen LogP contribution is 2.22. The van der Waals surface area contributed by atoms with Gasteiger partial charge in [0, 0.05) is 13.1 Å². The van der Waals surface area contributed by atoms with Gasteiger partial charge in [-0.1, -0.05) is 37.3 Å². The average Bonchev–Trinajstić information content (AvgIpc) is 2.90. The highest BCUT2D eigenvalue weighted by molar-refractivity contribution is 5.98. The van der Waals surface area contributed by atoms with E-state index in [0.717, 1.165) is 5.56 Å². The van der Waals surface area contributed by atoms with Crippen LogP contribution in [0.4, 0.5) is 0 Å². The van der Waals surface area contributed by atoms with Crippen molar-refractivity contribution in [3.8, 4) is 0 Å². The van der Waals surface area contributed by atoms with E-state index >= 15 is 0 Å². The van der Waals surface area contributed by atoms with E-state index in [1.165, 1.54) is 11.5 Å². The Bertz CT molecular complexity index is 584. The molecule has 3 heteroatoms. The van der Waals surface area contributed by atoms with Crippen LogP contribution >= 0.6 is 0 Å². The number of nitrogens with zero attached hydrogens (tertiary/aromatic N) is 1. The van der Waals surface area contributed by atoms with E-state index in [2.05, 4.69) is 0 Å². The molecule has 0 fully saturated rings. The van der Waals surface area contributed by atoms with Crippen LogP contribution in [-0.4, -0.2) is 16.3 Å². The smallest absolute Gasteiger partial charge is 0.238 e. The number of aromatic nitrogens is 1. The Balaban J connectivity index is 2.37. The molecule has 2 aromatic rings. The number of carbonyl (C=O) groups is 2. The molecule has 0 aliphatic rings. The molecule has 0 amide bonds. The SMILES string of the molecule is CCC(C(=O)n1cccc1C(C)=O)c1ccccc1. The van der Waals surface area contributed by atoms with E-state index in [1.807, 2.05) is 37.3 Å². The first kappa shape index (κ1) is 13.3. The molecule has 0 N–H and O–H groups in total. The van der Waals surface area contributed by atoms with Crippen LogP contribution in [-0.2, 0) is 0 Å². The van der Waals surface area contributed by atoms with Gasteiger partial charge in [0.05, 0.1) is 11.6 Å². The second kappa shape index (κ2) is 5.65. The van der Waals surface area contributed by atoms with Gasteiger partial charge in [-0.05, 0) is 24.1 Å². The third-order valence-corrected chi connectivity index (χ3v) is 3.26. The molecule has 0 spiro atoms. The molecule has 98 valence electrons. The fourth-order valence-electron chi connectivity index (χ4n) is 2.27. The van der Waals surface area contributed by atoms with Crippen molar-refractivity contribution in [2.24, 2.45) is 0 Å². The number of hydrogen-bond acceptors (Lipinski definition) is 2. The van der Waals surface area contributed by atoms with Gasteiger partial charge >= 0.3 is 0 Å². The van der Waals surface area contributed by atoms with Gasteiger partial charge in [-0.2, -0.15) is 0 Å². The zero-order valence-electron chi connectivity index (χ0n) is 11.2. The first-order chi connectivity index (χ1) is 9.15. The van der Waals surface area contributed by atoms with Crippen molar-refractivity contribution >= 4 is 11.7 Å². The molecule has 2 rings (SSSR count). The van der Waals surface area contributed by atoms with Crippen LogP contribution in [0.1, 0.15) is 47.0 Å². The normalized spacial score (nSPS) is 12.1. The minimum absolute atomic E-state index is 0.0519. The molecule has 0 saturated heterocycles. The lowest BCUT2D eigenvalue weighted by Crippen LogP contribution is -2.22. The van der Waals surface area contributed by atoms with Crippen LogP contribution in [0.5, 0.6) is 0 Å². The van der Waals surface area contributed by atoms with Gasteiger partial charge in [-0.3, -0.25) is 14.2 Å². The van der Waals surface area contributed by atoms with Crippen LogP contribution in [0.15, 0.2) is 48.7 Å². The number of ketones is 1. The number of rotatable bonds is 4. The summed E-state index contributed by atoms with van der Waals surface area (Å²) in [5, 5.41) is 0. The Labute approximate surface area is 112 Å². The summed E-state index contributed by atoms with van der Waals surface area (Å²) in [7, 11) is 0. The molecule has 19 heavy (non-hydrogen) atoms. The number of benzene rings is 1. The van der Waals surface area contributed by atoms with Crippen molar-refractivity contribution in [3.63, 3.8) is 0 Å². The third kappa shape index (κ3) is 2.65. The topological polar surface area (TPSA) is 39.1 Å². The van der Waals surface area contributed by atoms with Crippen LogP contribution in [0, 0.1) is 0 Å². The Morgan fingerprint density at radius 2 is 1.79 bits per heavy atom. The van der Waals surface area contributed by atoms with E-state index in [1.54, 1.807) is 18.3 Å². The largest absolute Gasteiger partial charge is 0.293 e.